The zero-order valence-corrected chi connectivity index (χ0v) is 14.1. The maximum atomic E-state index is 12.8. The summed E-state index contributed by atoms with van der Waals surface area (Å²) in [7, 11) is 0. The lowest BCUT2D eigenvalue weighted by molar-refractivity contribution is 0.102. The summed E-state index contributed by atoms with van der Waals surface area (Å²) in [5.41, 5.74) is 2.45. The standard InChI is InChI=1S/C20H16N4O2/c1-14-7-8-18(26-14)19-17(20(25)22-15-9-11-21-12-10-15)13-24(23-19)16-5-3-2-4-6-16/h2-13H,1H3,(H,21,22,25). The average Bonchev–Trinajstić information content (AvgIpc) is 3.30. The maximum absolute atomic E-state index is 12.8. The molecule has 128 valence electrons. The molecular weight excluding hydrogens is 328 g/mol. The number of nitrogens with zero attached hydrogens (tertiary/aromatic N) is 3. The number of aromatic nitrogens is 3. The van der Waals surface area contributed by atoms with Crippen LogP contribution in [0.5, 0.6) is 0 Å². The molecular formula is C20H16N4O2. The predicted molar refractivity (Wildman–Crippen MR) is 98.2 cm³/mol. The lowest BCUT2D eigenvalue weighted by atomic mass is 10.2. The number of nitrogens with one attached hydrogen (secondary N) is 1. The number of rotatable bonds is 4. The van der Waals surface area contributed by atoms with E-state index in [4.69, 9.17) is 4.42 Å². The van der Waals surface area contributed by atoms with E-state index >= 15 is 0 Å². The summed E-state index contributed by atoms with van der Waals surface area (Å²) in [6, 6.07) is 16.8. The first-order valence-electron chi connectivity index (χ1n) is 8.14. The number of anilines is 1. The Balaban J connectivity index is 1.76. The second-order valence-corrected chi connectivity index (χ2v) is 5.77. The molecule has 4 rings (SSSR count). The van der Waals surface area contributed by atoms with Gasteiger partial charge in [-0.3, -0.25) is 9.78 Å². The van der Waals surface area contributed by atoms with Crippen molar-refractivity contribution in [3.63, 3.8) is 0 Å². The van der Waals surface area contributed by atoms with Crippen molar-refractivity contribution in [1.29, 1.82) is 0 Å². The minimum absolute atomic E-state index is 0.262. The Morgan fingerprint density at radius 1 is 1.04 bits per heavy atom. The van der Waals surface area contributed by atoms with E-state index in [1.165, 1.54) is 0 Å². The molecule has 0 bridgehead atoms. The molecule has 0 spiro atoms. The SMILES string of the molecule is Cc1ccc(-c2nn(-c3ccccc3)cc2C(=O)Nc2ccncc2)o1. The van der Waals surface area contributed by atoms with Crippen molar-refractivity contribution < 1.29 is 9.21 Å². The van der Waals surface area contributed by atoms with E-state index < -0.39 is 0 Å². The van der Waals surface area contributed by atoms with E-state index in [1.54, 1.807) is 35.4 Å². The largest absolute Gasteiger partial charge is 0.460 e. The van der Waals surface area contributed by atoms with Gasteiger partial charge in [0.15, 0.2) is 5.76 Å². The van der Waals surface area contributed by atoms with Gasteiger partial charge in [-0.2, -0.15) is 5.10 Å². The maximum Gasteiger partial charge on any atom is 0.259 e. The van der Waals surface area contributed by atoms with Gasteiger partial charge in [0.2, 0.25) is 0 Å². The summed E-state index contributed by atoms with van der Waals surface area (Å²) in [6.07, 6.45) is 4.96. The van der Waals surface area contributed by atoms with Crippen molar-refractivity contribution in [2.75, 3.05) is 5.32 Å². The fourth-order valence-corrected chi connectivity index (χ4v) is 2.63. The summed E-state index contributed by atoms with van der Waals surface area (Å²) in [4.78, 5) is 16.8. The number of para-hydroxylation sites is 1. The first-order valence-corrected chi connectivity index (χ1v) is 8.14. The molecule has 0 fully saturated rings. The van der Waals surface area contributed by atoms with Crippen LogP contribution in [0.25, 0.3) is 17.1 Å². The van der Waals surface area contributed by atoms with E-state index in [1.807, 2.05) is 49.4 Å². The summed E-state index contributed by atoms with van der Waals surface area (Å²) in [5.74, 6) is 1.05. The summed E-state index contributed by atoms with van der Waals surface area (Å²) in [5, 5.41) is 7.44. The highest BCUT2D eigenvalue weighted by Gasteiger charge is 2.21. The molecule has 1 aromatic carbocycles. The number of aryl methyl sites for hydroxylation is 1. The summed E-state index contributed by atoms with van der Waals surface area (Å²) >= 11 is 0. The van der Waals surface area contributed by atoms with Crippen LogP contribution < -0.4 is 5.32 Å². The van der Waals surface area contributed by atoms with Gasteiger partial charge in [-0.05, 0) is 43.3 Å². The highest BCUT2D eigenvalue weighted by molar-refractivity contribution is 6.07. The number of carbonyl (C=O) groups is 1. The monoisotopic (exact) mass is 344 g/mol. The van der Waals surface area contributed by atoms with Crippen LogP contribution in [0.4, 0.5) is 5.69 Å². The first-order chi connectivity index (χ1) is 12.7. The van der Waals surface area contributed by atoms with E-state index in [0.29, 0.717) is 22.7 Å². The molecule has 0 aliphatic heterocycles. The predicted octanol–water partition coefficient (Wildman–Crippen LogP) is 4.09. The Labute approximate surface area is 150 Å². The molecule has 4 aromatic rings. The zero-order valence-electron chi connectivity index (χ0n) is 14.1. The third-order valence-electron chi connectivity index (χ3n) is 3.89. The lowest BCUT2D eigenvalue weighted by Gasteiger charge is -2.03. The van der Waals surface area contributed by atoms with Crippen LogP contribution in [-0.2, 0) is 0 Å². The molecule has 1 N–H and O–H groups in total. The summed E-state index contributed by atoms with van der Waals surface area (Å²) < 4.78 is 7.37. The Kier molecular flexibility index (Phi) is 4.07. The normalized spacial score (nSPS) is 10.7. The fraction of sp³-hybridized carbons (Fsp3) is 0.0500. The van der Waals surface area contributed by atoms with E-state index in [2.05, 4.69) is 15.4 Å². The van der Waals surface area contributed by atoms with Gasteiger partial charge in [-0.1, -0.05) is 18.2 Å². The number of hydrogen-bond donors (Lipinski definition) is 1. The molecule has 3 aromatic heterocycles. The fourth-order valence-electron chi connectivity index (χ4n) is 2.63. The van der Waals surface area contributed by atoms with Gasteiger partial charge in [-0.15, -0.1) is 0 Å². The van der Waals surface area contributed by atoms with Crippen LogP contribution in [0.3, 0.4) is 0 Å². The molecule has 0 radical (unpaired) electrons. The van der Waals surface area contributed by atoms with Gasteiger partial charge >= 0.3 is 0 Å². The smallest absolute Gasteiger partial charge is 0.259 e. The van der Waals surface area contributed by atoms with Crippen molar-refractivity contribution in [3.8, 4) is 17.1 Å². The number of pyridine rings is 1. The number of hydrogen-bond acceptors (Lipinski definition) is 4. The molecule has 6 heteroatoms. The topological polar surface area (TPSA) is 73.0 Å². The van der Waals surface area contributed by atoms with Crippen LogP contribution in [0.1, 0.15) is 16.1 Å². The Morgan fingerprint density at radius 2 is 1.81 bits per heavy atom. The molecule has 3 heterocycles. The molecule has 26 heavy (non-hydrogen) atoms. The van der Waals surface area contributed by atoms with Gasteiger partial charge in [0.1, 0.15) is 11.5 Å². The van der Waals surface area contributed by atoms with Crippen LogP contribution in [0.15, 0.2) is 77.6 Å². The van der Waals surface area contributed by atoms with Crippen molar-refractivity contribution in [2.24, 2.45) is 0 Å². The molecule has 0 atom stereocenters. The van der Waals surface area contributed by atoms with Gasteiger partial charge in [-0.25, -0.2) is 4.68 Å². The van der Waals surface area contributed by atoms with Crippen molar-refractivity contribution in [1.82, 2.24) is 14.8 Å². The third kappa shape index (κ3) is 3.12. The van der Waals surface area contributed by atoms with Gasteiger partial charge in [0, 0.05) is 24.3 Å². The molecule has 0 aliphatic carbocycles. The third-order valence-corrected chi connectivity index (χ3v) is 3.89. The van der Waals surface area contributed by atoms with Gasteiger partial charge in [0.05, 0.1) is 11.3 Å². The minimum atomic E-state index is -0.262. The van der Waals surface area contributed by atoms with Crippen LogP contribution in [0, 0.1) is 6.92 Å². The van der Waals surface area contributed by atoms with Crippen LogP contribution in [-0.4, -0.2) is 20.7 Å². The minimum Gasteiger partial charge on any atom is -0.460 e. The molecule has 6 nitrogen and oxygen atoms in total. The van der Waals surface area contributed by atoms with Crippen LogP contribution in [0.2, 0.25) is 0 Å². The molecule has 0 unspecified atom stereocenters. The van der Waals surface area contributed by atoms with Crippen molar-refractivity contribution >= 4 is 11.6 Å². The quantitative estimate of drug-likeness (QED) is 0.605. The molecule has 0 saturated carbocycles. The average molecular weight is 344 g/mol. The highest BCUT2D eigenvalue weighted by atomic mass is 16.3. The lowest BCUT2D eigenvalue weighted by Crippen LogP contribution is -2.12. The highest BCUT2D eigenvalue weighted by Crippen LogP contribution is 2.26. The Morgan fingerprint density at radius 3 is 2.50 bits per heavy atom. The Bertz CT molecular complexity index is 1040. The number of benzene rings is 1. The molecule has 0 saturated heterocycles. The number of carbonyl (C=O) groups excluding carboxylic acids is 1. The number of furan rings is 1. The van der Waals surface area contributed by atoms with Gasteiger partial charge in [0.25, 0.3) is 5.91 Å². The van der Waals surface area contributed by atoms with Crippen molar-refractivity contribution in [3.05, 3.63) is 84.5 Å². The van der Waals surface area contributed by atoms with Gasteiger partial charge < -0.3 is 9.73 Å². The molecule has 0 aliphatic rings. The van der Waals surface area contributed by atoms with E-state index in [9.17, 15) is 4.79 Å². The Hall–Kier alpha value is -3.67. The van der Waals surface area contributed by atoms with Crippen molar-refractivity contribution in [2.45, 2.75) is 6.92 Å². The number of amides is 1. The van der Waals surface area contributed by atoms with E-state index in [0.717, 1.165) is 11.4 Å². The molecule has 1 amide bonds. The second kappa shape index (κ2) is 6.68. The first kappa shape index (κ1) is 15.8. The second-order valence-electron chi connectivity index (χ2n) is 5.77. The van der Waals surface area contributed by atoms with Crippen LogP contribution >= 0.6 is 0 Å². The van der Waals surface area contributed by atoms with E-state index in [-0.39, 0.29) is 5.91 Å². The zero-order chi connectivity index (χ0) is 17.9. The summed E-state index contributed by atoms with van der Waals surface area (Å²) in [6.45, 7) is 1.86.